The minimum Gasteiger partial charge on any atom is -0.319 e. The molecule has 0 fully saturated rings. The fourth-order valence-electron chi connectivity index (χ4n) is 1.97. The quantitative estimate of drug-likeness (QED) is 0.767. The van der Waals surface area contributed by atoms with Crippen LogP contribution in [0, 0.1) is 5.82 Å². The smallest absolute Gasteiger partial charge is 0.255 e. The Morgan fingerprint density at radius 1 is 1.18 bits per heavy atom. The third kappa shape index (κ3) is 3.07. The highest BCUT2D eigenvalue weighted by atomic mass is 79.9. The average molecular weight is 360 g/mol. The SMILES string of the molecule is O=C(Nc1ccc(Br)cc1F)c1ccc(-n2cccn2)cc1. The highest BCUT2D eigenvalue weighted by Gasteiger charge is 2.10. The first-order valence-corrected chi connectivity index (χ1v) is 7.29. The second kappa shape index (κ2) is 6.11. The van der Waals surface area contributed by atoms with Gasteiger partial charge < -0.3 is 5.32 Å². The summed E-state index contributed by atoms with van der Waals surface area (Å²) in [7, 11) is 0. The molecule has 0 aliphatic rings. The van der Waals surface area contributed by atoms with Crippen molar-refractivity contribution in [1.82, 2.24) is 9.78 Å². The molecular weight excluding hydrogens is 349 g/mol. The third-order valence-corrected chi connectivity index (χ3v) is 3.57. The largest absolute Gasteiger partial charge is 0.319 e. The lowest BCUT2D eigenvalue weighted by Crippen LogP contribution is -2.13. The van der Waals surface area contributed by atoms with Gasteiger partial charge in [-0.15, -0.1) is 0 Å². The van der Waals surface area contributed by atoms with Crippen molar-refractivity contribution >= 4 is 27.5 Å². The van der Waals surface area contributed by atoms with Gasteiger partial charge >= 0.3 is 0 Å². The first-order valence-electron chi connectivity index (χ1n) is 6.50. The molecule has 0 atom stereocenters. The number of carbonyl (C=O) groups is 1. The predicted octanol–water partition coefficient (Wildman–Crippen LogP) is 4.03. The van der Waals surface area contributed by atoms with E-state index in [-0.39, 0.29) is 11.6 Å². The molecule has 0 aliphatic carbocycles. The van der Waals surface area contributed by atoms with Crippen LogP contribution in [0.4, 0.5) is 10.1 Å². The van der Waals surface area contributed by atoms with Crippen LogP contribution in [-0.4, -0.2) is 15.7 Å². The van der Waals surface area contributed by atoms with Gasteiger partial charge in [-0.1, -0.05) is 15.9 Å². The molecule has 1 heterocycles. The number of rotatable bonds is 3. The first kappa shape index (κ1) is 14.5. The van der Waals surface area contributed by atoms with Crippen LogP contribution in [0.15, 0.2) is 65.4 Å². The van der Waals surface area contributed by atoms with Crippen LogP contribution in [0.5, 0.6) is 0 Å². The number of aromatic nitrogens is 2. The van der Waals surface area contributed by atoms with Crippen molar-refractivity contribution < 1.29 is 9.18 Å². The van der Waals surface area contributed by atoms with Gasteiger partial charge in [0.1, 0.15) is 5.82 Å². The lowest BCUT2D eigenvalue weighted by molar-refractivity contribution is 0.102. The molecule has 3 rings (SSSR count). The topological polar surface area (TPSA) is 46.9 Å². The standard InChI is InChI=1S/C16H11BrFN3O/c17-12-4-7-15(14(18)10-12)20-16(22)11-2-5-13(6-3-11)21-9-1-8-19-21/h1-10H,(H,20,22). The Morgan fingerprint density at radius 2 is 1.95 bits per heavy atom. The summed E-state index contributed by atoms with van der Waals surface area (Å²) in [6.07, 6.45) is 3.49. The minimum atomic E-state index is -0.490. The summed E-state index contributed by atoms with van der Waals surface area (Å²) in [5.74, 6) is -0.857. The van der Waals surface area contributed by atoms with Crippen molar-refractivity contribution in [3.8, 4) is 5.69 Å². The maximum atomic E-state index is 13.7. The summed E-state index contributed by atoms with van der Waals surface area (Å²) in [6, 6.07) is 13.2. The van der Waals surface area contributed by atoms with Crippen molar-refractivity contribution in [2.24, 2.45) is 0 Å². The number of nitrogens with zero attached hydrogens (tertiary/aromatic N) is 2. The third-order valence-electron chi connectivity index (χ3n) is 3.08. The van der Waals surface area contributed by atoms with Gasteiger partial charge in [-0.2, -0.15) is 5.10 Å². The molecule has 110 valence electrons. The van der Waals surface area contributed by atoms with Gasteiger partial charge in [0.25, 0.3) is 5.91 Å². The normalized spacial score (nSPS) is 10.5. The first-order chi connectivity index (χ1) is 10.6. The number of halogens is 2. The summed E-state index contributed by atoms with van der Waals surface area (Å²) < 4.78 is 16.0. The van der Waals surface area contributed by atoms with Gasteiger partial charge in [0, 0.05) is 22.4 Å². The van der Waals surface area contributed by atoms with E-state index in [2.05, 4.69) is 26.3 Å². The highest BCUT2D eigenvalue weighted by molar-refractivity contribution is 9.10. The van der Waals surface area contributed by atoms with E-state index in [0.717, 1.165) is 5.69 Å². The molecule has 0 saturated heterocycles. The van der Waals surface area contributed by atoms with Crippen LogP contribution >= 0.6 is 15.9 Å². The Hall–Kier alpha value is -2.47. The number of benzene rings is 2. The zero-order chi connectivity index (χ0) is 15.5. The van der Waals surface area contributed by atoms with Crippen LogP contribution in [0.1, 0.15) is 10.4 Å². The van der Waals surface area contributed by atoms with Crippen LogP contribution in [0.3, 0.4) is 0 Å². The molecule has 0 bridgehead atoms. The molecule has 0 aliphatic heterocycles. The summed E-state index contributed by atoms with van der Waals surface area (Å²) in [6.45, 7) is 0. The van der Waals surface area contributed by atoms with Gasteiger partial charge in [0.15, 0.2) is 0 Å². The van der Waals surface area contributed by atoms with E-state index in [9.17, 15) is 9.18 Å². The minimum absolute atomic E-state index is 0.143. The average Bonchev–Trinajstić information content (AvgIpc) is 3.04. The lowest BCUT2D eigenvalue weighted by Gasteiger charge is -2.07. The Bertz CT molecular complexity index is 801. The van der Waals surface area contributed by atoms with Gasteiger partial charge in [0.05, 0.1) is 11.4 Å². The summed E-state index contributed by atoms with van der Waals surface area (Å²) in [5.41, 5.74) is 1.43. The molecule has 3 aromatic rings. The van der Waals surface area contributed by atoms with Crippen molar-refractivity contribution in [3.63, 3.8) is 0 Å². The van der Waals surface area contributed by atoms with Crippen LogP contribution < -0.4 is 5.32 Å². The molecule has 0 spiro atoms. The number of anilines is 1. The Kier molecular flexibility index (Phi) is 4.02. The monoisotopic (exact) mass is 359 g/mol. The van der Waals surface area contributed by atoms with Crippen molar-refractivity contribution in [2.45, 2.75) is 0 Å². The summed E-state index contributed by atoms with van der Waals surface area (Å²) in [5, 5.41) is 6.66. The number of amides is 1. The highest BCUT2D eigenvalue weighted by Crippen LogP contribution is 2.20. The molecular formula is C16H11BrFN3O. The second-order valence-corrected chi connectivity index (χ2v) is 5.49. The molecule has 1 amide bonds. The number of hydrogen-bond acceptors (Lipinski definition) is 2. The predicted molar refractivity (Wildman–Crippen MR) is 85.6 cm³/mol. The summed E-state index contributed by atoms with van der Waals surface area (Å²) in [4.78, 5) is 12.1. The van der Waals surface area contributed by atoms with E-state index in [1.807, 2.05) is 12.3 Å². The number of hydrogen-bond donors (Lipinski definition) is 1. The van der Waals surface area contributed by atoms with Gasteiger partial charge in [-0.3, -0.25) is 4.79 Å². The number of carbonyl (C=O) groups excluding carboxylic acids is 1. The van der Waals surface area contributed by atoms with E-state index in [0.29, 0.717) is 10.0 Å². The number of nitrogens with one attached hydrogen (secondary N) is 1. The second-order valence-electron chi connectivity index (χ2n) is 4.58. The molecule has 4 nitrogen and oxygen atoms in total. The Labute approximate surface area is 134 Å². The van der Waals surface area contributed by atoms with Crippen LogP contribution in [0.2, 0.25) is 0 Å². The van der Waals surface area contributed by atoms with E-state index >= 15 is 0 Å². The zero-order valence-electron chi connectivity index (χ0n) is 11.3. The van der Waals surface area contributed by atoms with Gasteiger partial charge in [-0.25, -0.2) is 9.07 Å². The molecule has 2 aromatic carbocycles. The van der Waals surface area contributed by atoms with Gasteiger partial charge in [-0.05, 0) is 48.5 Å². The van der Waals surface area contributed by atoms with Crippen LogP contribution in [-0.2, 0) is 0 Å². The van der Waals surface area contributed by atoms with E-state index in [4.69, 9.17) is 0 Å². The molecule has 22 heavy (non-hydrogen) atoms. The Morgan fingerprint density at radius 3 is 2.59 bits per heavy atom. The lowest BCUT2D eigenvalue weighted by atomic mass is 10.2. The molecule has 1 aromatic heterocycles. The van der Waals surface area contributed by atoms with Crippen molar-refractivity contribution in [2.75, 3.05) is 5.32 Å². The molecule has 6 heteroatoms. The molecule has 0 radical (unpaired) electrons. The summed E-state index contributed by atoms with van der Waals surface area (Å²) >= 11 is 3.17. The maximum absolute atomic E-state index is 13.7. The van der Waals surface area contributed by atoms with Crippen molar-refractivity contribution in [3.05, 3.63) is 76.8 Å². The van der Waals surface area contributed by atoms with Crippen LogP contribution in [0.25, 0.3) is 5.69 Å². The fourth-order valence-corrected chi connectivity index (χ4v) is 2.31. The maximum Gasteiger partial charge on any atom is 0.255 e. The van der Waals surface area contributed by atoms with E-state index in [1.165, 1.54) is 12.1 Å². The fraction of sp³-hybridized carbons (Fsp3) is 0. The molecule has 0 saturated carbocycles. The van der Waals surface area contributed by atoms with Crippen molar-refractivity contribution in [1.29, 1.82) is 0 Å². The van der Waals surface area contributed by atoms with E-state index in [1.54, 1.807) is 41.2 Å². The molecule has 1 N–H and O–H groups in total. The zero-order valence-corrected chi connectivity index (χ0v) is 12.9. The Balaban J connectivity index is 1.77. The molecule has 0 unspecified atom stereocenters. The van der Waals surface area contributed by atoms with E-state index < -0.39 is 5.82 Å². The van der Waals surface area contributed by atoms with Gasteiger partial charge in [0.2, 0.25) is 0 Å².